The lowest BCUT2D eigenvalue weighted by Crippen LogP contribution is -2.23. The van der Waals surface area contributed by atoms with E-state index in [9.17, 15) is 4.79 Å². The van der Waals surface area contributed by atoms with E-state index in [-0.39, 0.29) is 5.92 Å². The largest absolute Gasteiger partial charge is 0.287 e. The number of rotatable bonds is 0. The molecule has 1 fully saturated rings. The molecular weight excluding hydrogens is 461 g/mol. The fourth-order valence-electron chi connectivity index (χ4n) is 4.79. The molecule has 7 heterocycles. The molecule has 0 saturated carbocycles. The lowest BCUT2D eigenvalue weighted by molar-refractivity contribution is -0.113. The first-order valence-electron chi connectivity index (χ1n) is 9.20. The van der Waals surface area contributed by atoms with Crippen molar-refractivity contribution >= 4 is 121 Å². The maximum atomic E-state index is 12.5. The number of thioether (sulfide) groups is 1. The third kappa shape index (κ3) is 1.75. The van der Waals surface area contributed by atoms with Gasteiger partial charge in [-0.05, 0) is 24.5 Å². The molecule has 7 heteroatoms. The van der Waals surface area contributed by atoms with Gasteiger partial charge < -0.3 is 0 Å². The van der Waals surface area contributed by atoms with Crippen molar-refractivity contribution in [1.82, 2.24) is 0 Å². The van der Waals surface area contributed by atoms with E-state index in [0.717, 1.165) is 6.42 Å². The quantitative estimate of drug-likeness (QED) is 0.220. The first kappa shape index (κ1) is 15.8. The predicted molar refractivity (Wildman–Crippen MR) is 131 cm³/mol. The molecular formula is C21H10OS6. The lowest BCUT2D eigenvalue weighted by atomic mass is 9.87. The first-order valence-corrected chi connectivity index (χ1v) is 14.2. The van der Waals surface area contributed by atoms with Crippen molar-refractivity contribution in [3.63, 3.8) is 0 Å². The molecule has 28 heavy (non-hydrogen) atoms. The number of fused-ring (bicyclic) bond motifs is 11. The Morgan fingerprint density at radius 3 is 2.21 bits per heavy atom. The van der Waals surface area contributed by atoms with Gasteiger partial charge in [0.05, 0.1) is 43.5 Å². The van der Waals surface area contributed by atoms with Crippen molar-refractivity contribution in [2.45, 2.75) is 24.0 Å². The van der Waals surface area contributed by atoms with Gasteiger partial charge in [0.2, 0.25) is 0 Å². The van der Waals surface area contributed by atoms with Crippen LogP contribution in [-0.4, -0.2) is 5.12 Å². The van der Waals surface area contributed by atoms with Crippen molar-refractivity contribution in [3.05, 3.63) is 34.7 Å². The molecule has 1 nitrogen and oxygen atoms in total. The second kappa shape index (κ2) is 5.20. The highest BCUT2D eigenvalue weighted by Gasteiger charge is 2.43. The monoisotopic (exact) mass is 470 g/mol. The molecule has 0 radical (unpaired) electrons. The van der Waals surface area contributed by atoms with Gasteiger partial charge >= 0.3 is 0 Å². The number of carbonyl (C=O) groups is 1. The highest BCUT2D eigenvalue weighted by molar-refractivity contribution is 8.14. The van der Waals surface area contributed by atoms with Gasteiger partial charge in [0, 0.05) is 20.2 Å². The van der Waals surface area contributed by atoms with Crippen LogP contribution in [-0.2, 0) is 4.79 Å². The van der Waals surface area contributed by atoms with E-state index in [4.69, 9.17) is 0 Å². The Labute approximate surface area is 183 Å². The zero-order chi connectivity index (χ0) is 18.1. The topological polar surface area (TPSA) is 17.1 Å². The van der Waals surface area contributed by atoms with Gasteiger partial charge in [-0.1, -0.05) is 30.0 Å². The summed E-state index contributed by atoms with van der Waals surface area (Å²) in [6, 6.07) is 8.79. The number of hydrogen-bond donors (Lipinski definition) is 0. The summed E-state index contributed by atoms with van der Waals surface area (Å²) in [6.45, 7) is 0. The smallest absolute Gasteiger partial charge is 0.197 e. The van der Waals surface area contributed by atoms with Crippen molar-refractivity contribution in [1.29, 1.82) is 0 Å². The van der Waals surface area contributed by atoms with Crippen LogP contribution in [0.25, 0.3) is 47.7 Å². The predicted octanol–water partition coefficient (Wildman–Crippen LogP) is 8.95. The zero-order valence-electron chi connectivity index (χ0n) is 14.2. The van der Waals surface area contributed by atoms with Gasteiger partial charge in [-0.2, -0.15) is 0 Å². The van der Waals surface area contributed by atoms with Crippen LogP contribution in [0.15, 0.2) is 24.3 Å². The van der Waals surface area contributed by atoms with E-state index < -0.39 is 0 Å². The Morgan fingerprint density at radius 2 is 1.39 bits per heavy atom. The summed E-state index contributed by atoms with van der Waals surface area (Å²) in [5.41, 5.74) is 1.41. The van der Waals surface area contributed by atoms with Crippen molar-refractivity contribution in [2.24, 2.45) is 0 Å². The third-order valence-corrected chi connectivity index (χ3v) is 14.6. The molecule has 1 saturated heterocycles. The number of benzene rings is 1. The van der Waals surface area contributed by atoms with Crippen LogP contribution < -0.4 is 0 Å². The molecule has 2 atom stereocenters. The molecule has 9 rings (SSSR count). The maximum Gasteiger partial charge on any atom is 0.197 e. The molecule has 2 bridgehead atoms. The average Bonchev–Trinajstić information content (AvgIpc) is 3.45. The molecule has 0 spiro atoms. The molecule has 2 aliphatic heterocycles. The minimum absolute atomic E-state index is 0.151. The molecule has 2 unspecified atom stereocenters. The first-order chi connectivity index (χ1) is 13.8. The van der Waals surface area contributed by atoms with Crippen molar-refractivity contribution in [3.8, 4) is 0 Å². The van der Waals surface area contributed by atoms with Crippen molar-refractivity contribution < 1.29 is 4.79 Å². The Hall–Kier alpha value is -0.960. The number of hydrogen-bond acceptors (Lipinski definition) is 7. The Morgan fingerprint density at radius 1 is 0.714 bits per heavy atom. The molecule has 1 aromatic carbocycles. The summed E-state index contributed by atoms with van der Waals surface area (Å²) >= 11 is 11.4. The zero-order valence-corrected chi connectivity index (χ0v) is 19.1. The molecule has 1 aliphatic carbocycles. The highest BCUT2D eigenvalue weighted by atomic mass is 32.2. The van der Waals surface area contributed by atoms with E-state index >= 15 is 0 Å². The van der Waals surface area contributed by atoms with Gasteiger partial charge in [0.1, 0.15) is 0 Å². The third-order valence-electron chi connectivity index (χ3n) is 6.02. The van der Waals surface area contributed by atoms with Crippen molar-refractivity contribution in [2.75, 3.05) is 0 Å². The van der Waals surface area contributed by atoms with Crippen LogP contribution in [0.3, 0.4) is 0 Å². The Balaban J connectivity index is 1.50. The van der Waals surface area contributed by atoms with Crippen LogP contribution in [0, 0.1) is 0 Å². The lowest BCUT2D eigenvalue weighted by Gasteiger charge is -2.33. The summed E-state index contributed by atoms with van der Waals surface area (Å²) < 4.78 is 13.1. The van der Waals surface area contributed by atoms with Crippen LogP contribution in [0.4, 0.5) is 0 Å². The SMILES string of the molecule is O=C1SC2CCC1c1c2sc2c1sc1c2sc2c3sc4ccccc4c3sc12. The second-order valence-corrected chi connectivity index (χ2v) is 13.8. The Bertz CT molecular complexity index is 1630. The minimum Gasteiger partial charge on any atom is -0.287 e. The van der Waals surface area contributed by atoms with E-state index in [0.29, 0.717) is 10.4 Å². The summed E-state index contributed by atoms with van der Waals surface area (Å²) in [5, 5.41) is 2.23. The van der Waals surface area contributed by atoms with Crippen LogP contribution in [0.1, 0.15) is 34.5 Å². The molecule has 6 aromatic rings. The molecule has 136 valence electrons. The van der Waals surface area contributed by atoms with Gasteiger partial charge in [-0.15, -0.1) is 56.7 Å². The van der Waals surface area contributed by atoms with E-state index in [1.165, 1.54) is 64.5 Å². The van der Waals surface area contributed by atoms with Gasteiger partial charge in [0.25, 0.3) is 0 Å². The van der Waals surface area contributed by atoms with Crippen LogP contribution >= 0.6 is 68.4 Å². The highest BCUT2D eigenvalue weighted by Crippen LogP contribution is 2.62. The molecule has 5 aromatic heterocycles. The van der Waals surface area contributed by atoms with Gasteiger partial charge in [-0.25, -0.2) is 0 Å². The van der Waals surface area contributed by atoms with E-state index in [2.05, 4.69) is 24.3 Å². The van der Waals surface area contributed by atoms with Crippen LogP contribution in [0.2, 0.25) is 0 Å². The summed E-state index contributed by atoms with van der Waals surface area (Å²) in [7, 11) is 0. The van der Waals surface area contributed by atoms with Gasteiger partial charge in [0.15, 0.2) is 5.12 Å². The molecule has 3 aliphatic rings. The fourth-order valence-corrected chi connectivity index (χ4v) is 14.0. The second-order valence-electron chi connectivity index (χ2n) is 7.47. The van der Waals surface area contributed by atoms with E-state index in [1.54, 1.807) is 11.8 Å². The number of thiophene rings is 5. The van der Waals surface area contributed by atoms with Gasteiger partial charge in [-0.3, -0.25) is 4.79 Å². The number of carbonyl (C=O) groups excluding carboxylic acids is 1. The molecule has 0 amide bonds. The maximum absolute atomic E-state index is 12.5. The summed E-state index contributed by atoms with van der Waals surface area (Å²) in [6.07, 6.45) is 2.23. The molecule has 0 N–H and O–H groups in total. The fraction of sp³-hybridized carbons (Fsp3) is 0.190. The average molecular weight is 471 g/mol. The summed E-state index contributed by atoms with van der Waals surface area (Å²) in [4.78, 5) is 14.0. The summed E-state index contributed by atoms with van der Waals surface area (Å²) in [5.74, 6) is 0.151. The normalized spacial score (nSPS) is 21.9. The standard InChI is InChI=1S/C21H10OS6/c22-21-8-5-6-10(24-21)13-11(8)14-16(26-13)18-20(27-14)19-17(28-18)15-12(25-19)7-3-1-2-4-9(7)23-15/h1-4,8,10H,5-6H2. The minimum atomic E-state index is 0.151. The van der Waals surface area contributed by atoms with E-state index in [1.807, 2.05) is 56.7 Å². The van der Waals surface area contributed by atoms with Crippen LogP contribution in [0.5, 0.6) is 0 Å². The Kier molecular flexibility index (Phi) is 2.94.